The van der Waals surface area contributed by atoms with Crippen LogP contribution in [0.5, 0.6) is 28.7 Å². The van der Waals surface area contributed by atoms with E-state index in [0.29, 0.717) is 77.7 Å². The van der Waals surface area contributed by atoms with Crippen LogP contribution in [0.2, 0.25) is 0 Å². The van der Waals surface area contributed by atoms with Crippen LogP contribution in [0.15, 0.2) is 66.8 Å². The molecule has 9 atom stereocenters. The number of fused-ring (bicyclic) bond motifs is 4. The van der Waals surface area contributed by atoms with Gasteiger partial charge < -0.3 is 101 Å². The molecule has 572 valence electrons. The van der Waals surface area contributed by atoms with Crippen molar-refractivity contribution < 1.29 is 129 Å². The number of nitrogens with zero attached hydrogens (tertiary/aromatic N) is 4. The maximum absolute atomic E-state index is 14.8. The van der Waals surface area contributed by atoms with E-state index in [-0.39, 0.29) is 134 Å². The molecule has 5 aliphatic heterocycles. The molecule has 8 rings (SSSR count). The van der Waals surface area contributed by atoms with Crippen LogP contribution in [0.1, 0.15) is 123 Å². The molecular weight excluding hydrogens is 1360 g/mol. The predicted molar refractivity (Wildman–Crippen MR) is 369 cm³/mol. The third-order valence-electron chi connectivity index (χ3n) is 17.4. The normalized spacial score (nSPS) is 21.4. The van der Waals surface area contributed by atoms with E-state index in [0.717, 1.165) is 36.3 Å². The number of benzene rings is 3. The van der Waals surface area contributed by atoms with Crippen LogP contribution in [0.25, 0.3) is 0 Å². The van der Waals surface area contributed by atoms with Crippen molar-refractivity contribution in [2.75, 3.05) is 137 Å². The molecule has 104 heavy (non-hydrogen) atoms. The van der Waals surface area contributed by atoms with E-state index >= 15 is 0 Å². The van der Waals surface area contributed by atoms with Crippen molar-refractivity contribution in [2.24, 2.45) is 5.92 Å². The van der Waals surface area contributed by atoms with Gasteiger partial charge >= 0.3 is 30.1 Å². The Morgan fingerprint density at radius 1 is 0.577 bits per heavy atom. The van der Waals surface area contributed by atoms with Crippen LogP contribution in [-0.2, 0) is 77.8 Å². The summed E-state index contributed by atoms with van der Waals surface area (Å²) in [7, 11) is 5.51. The molecule has 0 saturated carbocycles. The molecule has 0 bridgehead atoms. The predicted octanol–water partition coefficient (Wildman–Crippen LogP) is 6.89. The van der Waals surface area contributed by atoms with E-state index in [2.05, 4.69) is 13.2 Å². The lowest BCUT2D eigenvalue weighted by Gasteiger charge is -2.42. The summed E-state index contributed by atoms with van der Waals surface area (Å²) < 4.78 is 96.9. The number of Topliss-reactive ketones (excluding diaryl/α,β-unsaturated/α-hetero) is 1. The lowest BCUT2D eigenvalue weighted by atomic mass is 9.91. The molecule has 4 amide bonds. The van der Waals surface area contributed by atoms with Crippen molar-refractivity contribution in [1.29, 1.82) is 0 Å². The number of esters is 3. The summed E-state index contributed by atoms with van der Waals surface area (Å²) in [5.41, 5.74) is 0.800. The van der Waals surface area contributed by atoms with Gasteiger partial charge in [0.25, 0.3) is 11.8 Å². The summed E-state index contributed by atoms with van der Waals surface area (Å²) in [6.07, 6.45) is -8.82. The molecule has 31 heteroatoms. The summed E-state index contributed by atoms with van der Waals surface area (Å²) in [5.74, 6) is -4.22. The van der Waals surface area contributed by atoms with Gasteiger partial charge in [-0.05, 0) is 89.1 Å². The fourth-order valence-corrected chi connectivity index (χ4v) is 12.4. The summed E-state index contributed by atoms with van der Waals surface area (Å²) in [4.78, 5) is 115. The fourth-order valence-electron chi connectivity index (χ4n) is 12.4. The highest BCUT2D eigenvalue weighted by Gasteiger charge is 2.53. The zero-order valence-corrected chi connectivity index (χ0v) is 60.8. The molecule has 3 fully saturated rings. The van der Waals surface area contributed by atoms with Crippen molar-refractivity contribution in [3.63, 3.8) is 0 Å². The maximum atomic E-state index is 14.8. The molecule has 3 aromatic rings. The lowest BCUT2D eigenvalue weighted by molar-refractivity contribution is -0.261. The standard InChI is InChI=1S/C73H98N4O27/c1-43-33-54-67(83)76(52-38-60(58(89-10)36-49(52)65(81)74(54)40-43)97-21-14-13-15-22-98-61-39-53-50(37-59(61)90-11)66(82)75-41-44(2)34-55(75)68(84)77(53)72(87)104-73(6,7)8)71(86)99-42-48-18-19-57(102-70-45(3)62(100-46(4)78)63(101-47(5)79)64(103-70)69(85)91-12)51(35-48)56(80)17-16-20-92-25-26-94-29-30-96-32-31-95-28-27-93-24-23-88-9/h18-19,35-39,45,54-55,62-64,67-68,70,83-84H,1-2,13-17,20-34,40-42H2,3-12H3/t45-,54+,55-,62-,63+,64+,67?,68?,70-/m1/s1. The summed E-state index contributed by atoms with van der Waals surface area (Å²) in [6.45, 7) is 21.0. The minimum atomic E-state index is -1.67. The number of methoxy groups -OCH3 is 4. The molecule has 5 heterocycles. The smallest absolute Gasteiger partial charge is 0.417 e. The molecule has 0 spiro atoms. The number of carbonyl (C=O) groups excluding carboxylic acids is 8. The summed E-state index contributed by atoms with van der Waals surface area (Å²) >= 11 is 0. The number of carbonyl (C=O) groups is 8. The Kier molecular flexibility index (Phi) is 29.9. The van der Waals surface area contributed by atoms with Crippen LogP contribution in [0.3, 0.4) is 0 Å². The number of anilines is 2. The molecule has 2 unspecified atom stereocenters. The Labute approximate surface area is 604 Å². The van der Waals surface area contributed by atoms with Crippen molar-refractivity contribution in [3.8, 4) is 28.7 Å². The van der Waals surface area contributed by atoms with Gasteiger partial charge in [-0.1, -0.05) is 37.3 Å². The van der Waals surface area contributed by atoms with Gasteiger partial charge in [-0.15, -0.1) is 0 Å². The molecule has 0 radical (unpaired) electrons. The van der Waals surface area contributed by atoms with Crippen molar-refractivity contribution >= 4 is 59.1 Å². The first-order chi connectivity index (χ1) is 49.8. The number of ether oxygens (including phenoxy) is 17. The highest BCUT2D eigenvalue weighted by molar-refractivity contribution is 6.07. The first-order valence-corrected chi connectivity index (χ1v) is 34.6. The van der Waals surface area contributed by atoms with Gasteiger partial charge in [0.2, 0.25) is 6.29 Å². The second kappa shape index (κ2) is 38.4. The Balaban J connectivity index is 0.947. The Morgan fingerprint density at radius 3 is 1.53 bits per heavy atom. The van der Waals surface area contributed by atoms with Crippen LogP contribution < -0.4 is 33.5 Å². The van der Waals surface area contributed by atoms with Crippen molar-refractivity contribution in [2.45, 2.75) is 148 Å². The Morgan fingerprint density at radius 2 is 1.06 bits per heavy atom. The second-order valence-electron chi connectivity index (χ2n) is 26.3. The average molecular weight is 1460 g/mol. The van der Waals surface area contributed by atoms with Gasteiger partial charge in [0.15, 0.2) is 59.5 Å². The average Bonchev–Trinajstić information content (AvgIpc) is 1.59. The number of ketones is 1. The Bertz CT molecular complexity index is 3520. The quantitative estimate of drug-likeness (QED) is 0.0195. The van der Waals surface area contributed by atoms with E-state index in [1.165, 1.54) is 66.5 Å². The maximum Gasteiger partial charge on any atom is 0.417 e. The number of unbranched alkanes of at least 4 members (excludes halogenated alkanes) is 2. The summed E-state index contributed by atoms with van der Waals surface area (Å²) in [5, 5.41) is 24.0. The zero-order valence-electron chi connectivity index (χ0n) is 60.8. The number of aliphatic hydroxyl groups excluding tert-OH is 2. The van der Waals surface area contributed by atoms with Gasteiger partial charge in [-0.2, -0.15) is 0 Å². The molecule has 5 aliphatic rings. The SMILES string of the molecule is C=C1C[C@@H]2C(O)N(C(=O)OC(C)(C)C)c3cc(OCCCCCOc4cc5c(cc4OC)C(=O)N4CC(=C)C[C@H]4C(O)N5C(=O)OCc4ccc(O[C@@H]5O[C@H](C(=O)OC)[C@@H](OC(C)=O)[C@H](OC(C)=O)[C@H]5C)c(C(=O)CCCOCCOCCOCCOCCOCCOC)c4)c(OC)cc3C(=O)N2C1. The molecule has 0 aromatic heterocycles. The number of rotatable bonds is 37. The van der Waals surface area contributed by atoms with Gasteiger partial charge in [0, 0.05) is 59.2 Å². The number of hydrogen-bond donors (Lipinski definition) is 2. The number of hydrogen-bond acceptors (Lipinski definition) is 27. The molecule has 3 saturated heterocycles. The van der Waals surface area contributed by atoms with Crippen LogP contribution in [-0.4, -0.2) is 250 Å². The van der Waals surface area contributed by atoms with E-state index in [1.54, 1.807) is 34.8 Å². The van der Waals surface area contributed by atoms with Crippen LogP contribution in [0, 0.1) is 5.92 Å². The van der Waals surface area contributed by atoms with E-state index in [1.807, 2.05) is 0 Å². The van der Waals surface area contributed by atoms with E-state index in [4.69, 9.17) is 80.5 Å². The highest BCUT2D eigenvalue weighted by Crippen LogP contribution is 2.45. The number of aliphatic hydroxyl groups is 2. The van der Waals surface area contributed by atoms with Crippen LogP contribution >= 0.6 is 0 Å². The van der Waals surface area contributed by atoms with Gasteiger partial charge in [-0.3, -0.25) is 24.0 Å². The third-order valence-corrected chi connectivity index (χ3v) is 17.4. The second-order valence-corrected chi connectivity index (χ2v) is 26.3. The number of amides is 4. The monoisotopic (exact) mass is 1460 g/mol. The minimum Gasteiger partial charge on any atom is -0.493 e. The molecular formula is C73H98N4O27. The first-order valence-electron chi connectivity index (χ1n) is 34.6. The fraction of sp³-hybridized carbons (Fsp3) is 0.589. The molecule has 31 nitrogen and oxygen atoms in total. The van der Waals surface area contributed by atoms with Gasteiger partial charge in [-0.25, -0.2) is 24.2 Å². The van der Waals surface area contributed by atoms with E-state index in [9.17, 15) is 48.6 Å². The lowest BCUT2D eigenvalue weighted by Crippen LogP contribution is -2.60. The summed E-state index contributed by atoms with van der Waals surface area (Å²) in [6, 6.07) is 8.46. The van der Waals surface area contributed by atoms with Gasteiger partial charge in [0.05, 0.1) is 147 Å². The Hall–Kier alpha value is -8.66. The van der Waals surface area contributed by atoms with Crippen molar-refractivity contribution in [3.05, 3.63) is 89.0 Å². The molecule has 0 aliphatic carbocycles. The van der Waals surface area contributed by atoms with E-state index < -0.39 is 115 Å². The zero-order chi connectivity index (χ0) is 75.4. The molecule has 2 N–H and O–H groups in total. The largest absolute Gasteiger partial charge is 0.493 e. The molecule has 3 aromatic carbocycles. The van der Waals surface area contributed by atoms with Crippen molar-refractivity contribution in [1.82, 2.24) is 9.80 Å². The topological polar surface area (TPSA) is 347 Å². The minimum absolute atomic E-state index is 0.0129. The van der Waals surface area contributed by atoms with Gasteiger partial charge in [0.1, 0.15) is 18.0 Å². The van der Waals surface area contributed by atoms with Crippen LogP contribution in [0.4, 0.5) is 21.0 Å². The first kappa shape index (κ1) is 81.0. The highest BCUT2D eigenvalue weighted by atomic mass is 16.7. The third kappa shape index (κ3) is 21.1.